The molecule has 2 N–H and O–H groups in total. The topological polar surface area (TPSA) is 35.2 Å². The summed E-state index contributed by atoms with van der Waals surface area (Å²) >= 11 is 0. The second-order valence-electron chi connectivity index (χ2n) is 1.73. The van der Waals surface area contributed by atoms with Crippen molar-refractivity contribution < 1.29 is 4.74 Å². The van der Waals surface area contributed by atoms with E-state index < -0.39 is 0 Å². The van der Waals surface area contributed by atoms with Crippen LogP contribution in [0.5, 0.6) is 0 Å². The number of hydrogen-bond donors (Lipinski definition) is 1. The standard InChI is InChI=1S/C8H13NO/c1-3-8(7-9)5-4-6-10-2/h3-5,7H,1,6,9H2,2H3/b5-4+,8-7+. The van der Waals surface area contributed by atoms with Gasteiger partial charge in [-0.2, -0.15) is 0 Å². The van der Waals surface area contributed by atoms with E-state index in [1.807, 2.05) is 12.2 Å². The van der Waals surface area contributed by atoms with Crippen molar-refractivity contribution >= 4 is 0 Å². The maximum atomic E-state index is 5.24. The zero-order chi connectivity index (χ0) is 7.82. The normalized spacial score (nSPS) is 12.3. The average molecular weight is 139 g/mol. The lowest BCUT2D eigenvalue weighted by Crippen LogP contribution is -1.84. The van der Waals surface area contributed by atoms with Crippen molar-refractivity contribution in [3.8, 4) is 0 Å². The molecule has 0 aliphatic carbocycles. The number of allylic oxidation sites excluding steroid dienone is 3. The highest BCUT2D eigenvalue weighted by Gasteiger charge is 1.78. The summed E-state index contributed by atoms with van der Waals surface area (Å²) in [5.41, 5.74) is 6.14. The van der Waals surface area contributed by atoms with Crippen LogP contribution < -0.4 is 5.73 Å². The van der Waals surface area contributed by atoms with Gasteiger partial charge in [0.15, 0.2) is 0 Å². The van der Waals surface area contributed by atoms with Crippen LogP contribution in [0.3, 0.4) is 0 Å². The van der Waals surface area contributed by atoms with Gasteiger partial charge in [0.1, 0.15) is 0 Å². The molecule has 0 heterocycles. The summed E-state index contributed by atoms with van der Waals surface area (Å²) in [4.78, 5) is 0. The summed E-state index contributed by atoms with van der Waals surface area (Å²) in [6, 6.07) is 0. The minimum atomic E-state index is 0.602. The fraction of sp³-hybridized carbons (Fsp3) is 0.250. The van der Waals surface area contributed by atoms with Crippen molar-refractivity contribution in [1.29, 1.82) is 0 Å². The molecule has 0 aromatic heterocycles. The Morgan fingerprint density at radius 1 is 1.70 bits per heavy atom. The van der Waals surface area contributed by atoms with Gasteiger partial charge in [-0.3, -0.25) is 0 Å². The lowest BCUT2D eigenvalue weighted by atomic mass is 10.2. The molecular weight excluding hydrogens is 126 g/mol. The monoisotopic (exact) mass is 139 g/mol. The molecule has 0 aliphatic rings. The fourth-order valence-electron chi connectivity index (χ4n) is 0.472. The van der Waals surface area contributed by atoms with Gasteiger partial charge in [0.05, 0.1) is 6.61 Å². The maximum Gasteiger partial charge on any atom is 0.0646 e. The molecule has 2 nitrogen and oxygen atoms in total. The van der Waals surface area contributed by atoms with E-state index in [1.54, 1.807) is 13.2 Å². The zero-order valence-electron chi connectivity index (χ0n) is 6.21. The average Bonchev–Trinajstić information content (AvgIpc) is 1.99. The van der Waals surface area contributed by atoms with Crippen LogP contribution in [0.1, 0.15) is 0 Å². The Balaban J connectivity index is 3.74. The first-order valence-corrected chi connectivity index (χ1v) is 3.05. The number of hydrogen-bond acceptors (Lipinski definition) is 2. The van der Waals surface area contributed by atoms with Crippen LogP contribution in [0.2, 0.25) is 0 Å². The molecule has 56 valence electrons. The molecule has 0 unspecified atom stereocenters. The number of methoxy groups -OCH3 is 1. The molecule has 0 rings (SSSR count). The van der Waals surface area contributed by atoms with Crippen molar-refractivity contribution in [2.45, 2.75) is 0 Å². The van der Waals surface area contributed by atoms with Crippen molar-refractivity contribution in [3.63, 3.8) is 0 Å². The van der Waals surface area contributed by atoms with Crippen LogP contribution in [-0.2, 0) is 4.74 Å². The van der Waals surface area contributed by atoms with Gasteiger partial charge < -0.3 is 10.5 Å². The SMILES string of the molecule is C=CC(/C=C/COC)=C\N. The molecule has 0 radical (unpaired) electrons. The highest BCUT2D eigenvalue weighted by Crippen LogP contribution is 1.93. The first-order chi connectivity index (χ1) is 4.85. The smallest absolute Gasteiger partial charge is 0.0646 e. The number of ether oxygens (including phenoxy) is 1. The van der Waals surface area contributed by atoms with Crippen molar-refractivity contribution in [2.24, 2.45) is 5.73 Å². The summed E-state index contributed by atoms with van der Waals surface area (Å²) in [6.45, 7) is 4.17. The van der Waals surface area contributed by atoms with Gasteiger partial charge in [0, 0.05) is 13.3 Å². The fourth-order valence-corrected chi connectivity index (χ4v) is 0.472. The molecule has 0 saturated carbocycles. The first kappa shape index (κ1) is 8.98. The van der Waals surface area contributed by atoms with E-state index in [9.17, 15) is 0 Å². The molecule has 0 fully saturated rings. The Hall–Kier alpha value is -1.02. The van der Waals surface area contributed by atoms with Gasteiger partial charge in [-0.25, -0.2) is 0 Å². The van der Waals surface area contributed by atoms with E-state index in [1.165, 1.54) is 6.20 Å². The van der Waals surface area contributed by atoms with E-state index in [4.69, 9.17) is 10.5 Å². The molecular formula is C8H13NO. The Bertz CT molecular complexity index is 147. The molecule has 2 heteroatoms. The second kappa shape index (κ2) is 6.11. The summed E-state index contributed by atoms with van der Waals surface area (Å²) < 4.78 is 4.79. The van der Waals surface area contributed by atoms with Crippen LogP contribution in [0.25, 0.3) is 0 Å². The minimum absolute atomic E-state index is 0.602. The lowest BCUT2D eigenvalue weighted by Gasteiger charge is -1.89. The summed E-state index contributed by atoms with van der Waals surface area (Å²) in [6.07, 6.45) is 6.92. The molecule has 0 bridgehead atoms. The van der Waals surface area contributed by atoms with Gasteiger partial charge in [-0.15, -0.1) is 0 Å². The maximum absolute atomic E-state index is 5.24. The van der Waals surface area contributed by atoms with E-state index in [0.717, 1.165) is 5.57 Å². The Morgan fingerprint density at radius 2 is 2.40 bits per heavy atom. The van der Waals surface area contributed by atoms with Crippen LogP contribution in [0, 0.1) is 0 Å². The van der Waals surface area contributed by atoms with Gasteiger partial charge >= 0.3 is 0 Å². The van der Waals surface area contributed by atoms with Gasteiger partial charge in [0.25, 0.3) is 0 Å². The zero-order valence-corrected chi connectivity index (χ0v) is 6.21. The molecule has 0 aliphatic heterocycles. The Kier molecular flexibility index (Phi) is 5.48. The third kappa shape index (κ3) is 3.92. The lowest BCUT2D eigenvalue weighted by molar-refractivity contribution is 0.234. The van der Waals surface area contributed by atoms with Crippen molar-refractivity contribution in [2.75, 3.05) is 13.7 Å². The second-order valence-corrected chi connectivity index (χ2v) is 1.73. The highest BCUT2D eigenvalue weighted by atomic mass is 16.5. The van der Waals surface area contributed by atoms with Crippen LogP contribution >= 0.6 is 0 Å². The third-order valence-electron chi connectivity index (χ3n) is 1.00. The van der Waals surface area contributed by atoms with E-state index >= 15 is 0 Å². The summed E-state index contributed by atoms with van der Waals surface area (Å²) in [7, 11) is 1.64. The molecule has 0 aromatic rings. The van der Waals surface area contributed by atoms with Gasteiger partial charge in [-0.05, 0) is 5.57 Å². The predicted molar refractivity (Wildman–Crippen MR) is 43.5 cm³/mol. The van der Waals surface area contributed by atoms with Crippen LogP contribution in [0.4, 0.5) is 0 Å². The van der Waals surface area contributed by atoms with Gasteiger partial charge in [0.2, 0.25) is 0 Å². The quantitative estimate of drug-likeness (QED) is 0.594. The van der Waals surface area contributed by atoms with E-state index in [0.29, 0.717) is 6.61 Å². The Labute approximate surface area is 61.7 Å². The number of nitrogens with two attached hydrogens (primary N) is 1. The molecule has 10 heavy (non-hydrogen) atoms. The molecule has 0 aromatic carbocycles. The molecule has 0 spiro atoms. The predicted octanol–water partition coefficient (Wildman–Crippen LogP) is 1.22. The van der Waals surface area contributed by atoms with E-state index in [-0.39, 0.29) is 0 Å². The van der Waals surface area contributed by atoms with E-state index in [2.05, 4.69) is 6.58 Å². The molecule has 0 saturated heterocycles. The third-order valence-corrected chi connectivity index (χ3v) is 1.00. The van der Waals surface area contributed by atoms with Crippen molar-refractivity contribution in [3.05, 3.63) is 36.6 Å². The first-order valence-electron chi connectivity index (χ1n) is 3.05. The van der Waals surface area contributed by atoms with Gasteiger partial charge in [-0.1, -0.05) is 24.8 Å². The van der Waals surface area contributed by atoms with Crippen molar-refractivity contribution in [1.82, 2.24) is 0 Å². The van der Waals surface area contributed by atoms with Crippen LogP contribution in [-0.4, -0.2) is 13.7 Å². The largest absolute Gasteiger partial charge is 0.404 e. The number of rotatable bonds is 4. The van der Waals surface area contributed by atoms with Crippen LogP contribution in [0.15, 0.2) is 36.6 Å². The minimum Gasteiger partial charge on any atom is -0.404 e. The summed E-state index contributed by atoms with van der Waals surface area (Å²) in [5, 5.41) is 0. The Morgan fingerprint density at radius 3 is 2.80 bits per heavy atom. The highest BCUT2D eigenvalue weighted by molar-refractivity contribution is 5.27. The molecule has 0 atom stereocenters. The molecule has 0 amide bonds. The summed E-state index contributed by atoms with van der Waals surface area (Å²) in [5.74, 6) is 0.